The first-order valence-electron chi connectivity index (χ1n) is 6.76. The average Bonchev–Trinajstić information content (AvgIpc) is 2.89. The zero-order valence-electron chi connectivity index (χ0n) is 12.1. The van der Waals surface area contributed by atoms with Crippen LogP contribution >= 0.6 is 34.5 Å². The van der Waals surface area contributed by atoms with E-state index >= 15 is 0 Å². The van der Waals surface area contributed by atoms with E-state index < -0.39 is 11.7 Å². The average molecular weight is 379 g/mol. The normalized spacial score (nSPS) is 11.7. The minimum atomic E-state index is -0.569. The van der Waals surface area contributed by atoms with Crippen LogP contribution in [-0.2, 0) is 6.54 Å². The number of nitrogens with zero attached hydrogens (tertiary/aromatic N) is 2. The van der Waals surface area contributed by atoms with Gasteiger partial charge in [-0.2, -0.15) is 4.99 Å². The molecule has 1 heterocycles. The number of rotatable bonds is 2. The highest BCUT2D eigenvalue weighted by Gasteiger charge is 2.14. The number of carbonyl (C=O) groups excluding carboxylic acids is 1. The zero-order chi connectivity index (χ0) is 17.3. The molecule has 120 valence electrons. The lowest BCUT2D eigenvalue weighted by molar-refractivity contribution is 0.0998. The molecule has 3 rings (SSSR count). The van der Waals surface area contributed by atoms with E-state index in [2.05, 4.69) is 10.9 Å². The third kappa shape index (κ3) is 3.09. The topological polar surface area (TPSA) is 34.4 Å². The number of para-hydroxylation sites is 1. The fourth-order valence-corrected chi connectivity index (χ4v) is 3.63. The van der Waals surface area contributed by atoms with E-state index in [0.717, 1.165) is 0 Å². The number of carbonyl (C=O) groups is 1. The SMILES string of the molecule is C#CCn1c(=NC(=O)c2cc(Cl)ccc2Cl)sc2cccc(F)c21. The molecule has 0 N–H and O–H groups in total. The van der Waals surface area contributed by atoms with Crippen LogP contribution in [0, 0.1) is 18.2 Å². The van der Waals surface area contributed by atoms with Crippen LogP contribution in [0.1, 0.15) is 10.4 Å². The van der Waals surface area contributed by atoms with Crippen molar-refractivity contribution in [1.82, 2.24) is 4.57 Å². The third-order valence-electron chi connectivity index (χ3n) is 3.26. The molecule has 0 aliphatic heterocycles. The molecule has 3 nitrogen and oxygen atoms in total. The smallest absolute Gasteiger partial charge is 0.281 e. The van der Waals surface area contributed by atoms with E-state index in [1.807, 2.05) is 0 Å². The maximum Gasteiger partial charge on any atom is 0.281 e. The van der Waals surface area contributed by atoms with E-state index in [1.165, 1.54) is 34.1 Å². The minimum Gasteiger partial charge on any atom is -0.302 e. The summed E-state index contributed by atoms with van der Waals surface area (Å²) in [4.78, 5) is 16.8. The van der Waals surface area contributed by atoms with Crippen LogP contribution < -0.4 is 4.80 Å². The number of hydrogen-bond donors (Lipinski definition) is 0. The maximum absolute atomic E-state index is 14.1. The monoisotopic (exact) mass is 378 g/mol. The van der Waals surface area contributed by atoms with Gasteiger partial charge in [-0.05, 0) is 30.3 Å². The molecule has 0 bridgehead atoms. The molecule has 0 saturated heterocycles. The van der Waals surface area contributed by atoms with Gasteiger partial charge in [-0.15, -0.1) is 6.42 Å². The molecule has 0 atom stereocenters. The lowest BCUT2D eigenvalue weighted by atomic mass is 10.2. The van der Waals surface area contributed by atoms with E-state index in [1.54, 1.807) is 18.2 Å². The van der Waals surface area contributed by atoms with Crippen molar-refractivity contribution in [1.29, 1.82) is 0 Å². The first-order valence-corrected chi connectivity index (χ1v) is 8.34. The highest BCUT2D eigenvalue weighted by molar-refractivity contribution is 7.16. The molecular formula is C17H9Cl2FN2OS. The maximum atomic E-state index is 14.1. The fraction of sp³-hybridized carbons (Fsp3) is 0.0588. The van der Waals surface area contributed by atoms with Gasteiger partial charge >= 0.3 is 0 Å². The van der Waals surface area contributed by atoms with Crippen molar-refractivity contribution < 1.29 is 9.18 Å². The second-order valence-corrected chi connectivity index (χ2v) is 6.66. The first kappa shape index (κ1) is 16.7. The Morgan fingerprint density at radius 2 is 2.12 bits per heavy atom. The Kier molecular flexibility index (Phi) is 4.72. The van der Waals surface area contributed by atoms with Gasteiger partial charge in [0.2, 0.25) is 0 Å². The van der Waals surface area contributed by atoms with Crippen LogP contribution in [-0.4, -0.2) is 10.5 Å². The minimum absolute atomic E-state index is 0.0936. The molecule has 0 aliphatic carbocycles. The summed E-state index contributed by atoms with van der Waals surface area (Å²) in [6.45, 7) is 0.0936. The number of amides is 1. The Morgan fingerprint density at radius 1 is 1.33 bits per heavy atom. The highest BCUT2D eigenvalue weighted by atomic mass is 35.5. The molecule has 1 aromatic heterocycles. The zero-order valence-corrected chi connectivity index (χ0v) is 14.4. The second-order valence-electron chi connectivity index (χ2n) is 4.80. The van der Waals surface area contributed by atoms with Gasteiger partial charge in [0.05, 0.1) is 27.3 Å². The van der Waals surface area contributed by atoms with Gasteiger partial charge in [-0.3, -0.25) is 4.79 Å². The number of aromatic nitrogens is 1. The number of halogens is 3. The van der Waals surface area contributed by atoms with E-state index in [0.29, 0.717) is 20.0 Å². The number of benzene rings is 2. The fourth-order valence-electron chi connectivity index (χ4n) is 2.22. The van der Waals surface area contributed by atoms with Gasteiger partial charge in [0.1, 0.15) is 5.82 Å². The molecule has 3 aromatic rings. The summed E-state index contributed by atoms with van der Waals surface area (Å²) in [6, 6.07) is 9.21. The summed E-state index contributed by atoms with van der Waals surface area (Å²) >= 11 is 13.1. The van der Waals surface area contributed by atoms with Crippen molar-refractivity contribution in [2.75, 3.05) is 0 Å². The van der Waals surface area contributed by atoms with Crippen LogP contribution in [0.4, 0.5) is 4.39 Å². The van der Waals surface area contributed by atoms with Crippen molar-refractivity contribution in [2.24, 2.45) is 4.99 Å². The van der Waals surface area contributed by atoms with Crippen molar-refractivity contribution in [3.8, 4) is 12.3 Å². The third-order valence-corrected chi connectivity index (χ3v) is 4.87. The van der Waals surface area contributed by atoms with E-state index in [-0.39, 0.29) is 17.1 Å². The van der Waals surface area contributed by atoms with Gasteiger partial charge in [0.25, 0.3) is 5.91 Å². The quantitative estimate of drug-likeness (QED) is 0.603. The van der Waals surface area contributed by atoms with Crippen molar-refractivity contribution in [3.63, 3.8) is 0 Å². The van der Waals surface area contributed by atoms with Crippen molar-refractivity contribution >= 4 is 50.7 Å². The number of thiazole rings is 1. The van der Waals surface area contributed by atoms with Crippen LogP contribution in [0.25, 0.3) is 10.2 Å². The van der Waals surface area contributed by atoms with Crippen LogP contribution in [0.3, 0.4) is 0 Å². The molecule has 0 fully saturated rings. The van der Waals surface area contributed by atoms with E-state index in [4.69, 9.17) is 29.6 Å². The Labute approximate surface area is 151 Å². The van der Waals surface area contributed by atoms with Gasteiger partial charge in [0.15, 0.2) is 4.80 Å². The number of hydrogen-bond acceptors (Lipinski definition) is 2. The molecule has 0 saturated carbocycles. The van der Waals surface area contributed by atoms with Gasteiger partial charge in [0, 0.05) is 5.02 Å². The summed E-state index contributed by atoms with van der Waals surface area (Å²) in [5, 5.41) is 0.612. The Hall–Kier alpha value is -2.13. The summed E-state index contributed by atoms with van der Waals surface area (Å²) in [5.41, 5.74) is 0.499. The molecule has 0 spiro atoms. The molecule has 7 heteroatoms. The van der Waals surface area contributed by atoms with Crippen LogP contribution in [0.15, 0.2) is 41.4 Å². The summed E-state index contributed by atoms with van der Waals surface area (Å²) in [6.07, 6.45) is 5.36. The molecule has 0 aliphatic rings. The van der Waals surface area contributed by atoms with E-state index in [9.17, 15) is 9.18 Å². The summed E-state index contributed by atoms with van der Waals surface area (Å²) < 4.78 is 16.3. The van der Waals surface area contributed by atoms with Crippen LogP contribution in [0.2, 0.25) is 10.0 Å². The Balaban J connectivity index is 2.22. The van der Waals surface area contributed by atoms with Gasteiger partial charge < -0.3 is 4.57 Å². The molecule has 24 heavy (non-hydrogen) atoms. The Bertz CT molecular complexity index is 1060. The van der Waals surface area contributed by atoms with Gasteiger partial charge in [-0.25, -0.2) is 4.39 Å². The molecular weight excluding hydrogens is 370 g/mol. The summed E-state index contributed by atoms with van der Waals surface area (Å²) in [5.74, 6) is 1.46. The summed E-state index contributed by atoms with van der Waals surface area (Å²) in [7, 11) is 0. The molecule has 0 radical (unpaired) electrons. The lowest BCUT2D eigenvalue weighted by Gasteiger charge is -2.02. The lowest BCUT2D eigenvalue weighted by Crippen LogP contribution is -2.17. The number of terminal acetylenes is 1. The predicted molar refractivity (Wildman–Crippen MR) is 95.0 cm³/mol. The first-order chi connectivity index (χ1) is 11.5. The number of fused-ring (bicyclic) bond motifs is 1. The van der Waals surface area contributed by atoms with Crippen molar-refractivity contribution in [2.45, 2.75) is 6.54 Å². The molecule has 1 amide bonds. The Morgan fingerprint density at radius 3 is 2.88 bits per heavy atom. The largest absolute Gasteiger partial charge is 0.302 e. The standard InChI is InChI=1S/C17H9Cl2FN2OS/c1-2-8-22-15-13(20)4-3-5-14(15)24-17(22)21-16(23)11-9-10(18)6-7-12(11)19/h1,3-7,9H,8H2. The predicted octanol–water partition coefficient (Wildman–Crippen LogP) is 4.52. The second kappa shape index (κ2) is 6.78. The molecule has 0 unspecified atom stereocenters. The highest BCUT2D eigenvalue weighted by Crippen LogP contribution is 2.23. The van der Waals surface area contributed by atoms with Crippen molar-refractivity contribution in [3.05, 3.63) is 62.6 Å². The van der Waals surface area contributed by atoms with Gasteiger partial charge in [-0.1, -0.05) is 46.5 Å². The molecule has 2 aromatic carbocycles. The van der Waals surface area contributed by atoms with Crippen LogP contribution in [0.5, 0.6) is 0 Å².